The summed E-state index contributed by atoms with van der Waals surface area (Å²) in [5.41, 5.74) is 6.41. The van der Waals surface area contributed by atoms with E-state index in [-0.39, 0.29) is 6.61 Å². The molecule has 0 saturated heterocycles. The lowest BCUT2D eigenvalue weighted by Crippen LogP contribution is -2.34. The molecule has 3 N–H and O–H groups in total. The van der Waals surface area contributed by atoms with E-state index in [0.717, 1.165) is 0 Å². The average Bonchev–Trinajstić information content (AvgIpc) is 2.37. The van der Waals surface area contributed by atoms with Crippen LogP contribution in [0.2, 0.25) is 0 Å². The number of rotatable bonds is 5. The molecule has 1 aromatic rings. The molecule has 17 heavy (non-hydrogen) atoms. The standard InChI is InChI=1S/C12H17NO4/c1-3-17-12(15)11(14)10(13)8-4-6-9(16-2)7-5-8/h4-7,10-11,14H,3,13H2,1-2H3/t10-,11+/m0/s1. The molecular formula is C12H17NO4. The van der Waals surface area contributed by atoms with E-state index in [1.54, 1.807) is 38.3 Å². The quantitative estimate of drug-likeness (QED) is 0.736. The number of carbonyl (C=O) groups excluding carboxylic acids is 1. The van der Waals surface area contributed by atoms with Gasteiger partial charge < -0.3 is 20.3 Å². The maximum absolute atomic E-state index is 11.3. The lowest BCUT2D eigenvalue weighted by molar-refractivity contribution is -0.154. The number of aliphatic hydroxyl groups excluding tert-OH is 1. The Hall–Kier alpha value is -1.59. The van der Waals surface area contributed by atoms with Gasteiger partial charge in [-0.05, 0) is 24.6 Å². The van der Waals surface area contributed by atoms with Crippen LogP contribution in [-0.2, 0) is 9.53 Å². The minimum atomic E-state index is -1.36. The molecule has 0 radical (unpaired) electrons. The van der Waals surface area contributed by atoms with Crippen LogP contribution in [0.5, 0.6) is 5.75 Å². The number of esters is 1. The summed E-state index contributed by atoms with van der Waals surface area (Å²) in [6, 6.07) is 6.03. The Labute approximate surface area is 100 Å². The summed E-state index contributed by atoms with van der Waals surface area (Å²) in [7, 11) is 1.56. The van der Waals surface area contributed by atoms with Crippen molar-refractivity contribution in [1.82, 2.24) is 0 Å². The third kappa shape index (κ3) is 3.44. The molecular weight excluding hydrogens is 222 g/mol. The van der Waals surface area contributed by atoms with Crippen LogP contribution in [0.15, 0.2) is 24.3 Å². The lowest BCUT2D eigenvalue weighted by atomic mass is 10.0. The van der Waals surface area contributed by atoms with Crippen LogP contribution in [0.3, 0.4) is 0 Å². The zero-order valence-electron chi connectivity index (χ0n) is 9.92. The van der Waals surface area contributed by atoms with Gasteiger partial charge in [0, 0.05) is 0 Å². The second-order valence-corrected chi connectivity index (χ2v) is 3.50. The number of carbonyl (C=O) groups is 1. The summed E-state index contributed by atoms with van der Waals surface area (Å²) in [4.78, 5) is 11.3. The van der Waals surface area contributed by atoms with E-state index >= 15 is 0 Å². The van der Waals surface area contributed by atoms with Gasteiger partial charge in [0.1, 0.15) is 5.75 Å². The van der Waals surface area contributed by atoms with Gasteiger partial charge >= 0.3 is 5.97 Å². The van der Waals surface area contributed by atoms with Crippen LogP contribution in [0.25, 0.3) is 0 Å². The predicted octanol–water partition coefficient (Wildman–Crippen LogP) is 0.619. The molecule has 1 aromatic carbocycles. The molecule has 2 atom stereocenters. The number of aliphatic hydroxyl groups is 1. The van der Waals surface area contributed by atoms with Gasteiger partial charge in [-0.3, -0.25) is 0 Å². The molecule has 0 heterocycles. The molecule has 94 valence electrons. The first-order chi connectivity index (χ1) is 8.10. The largest absolute Gasteiger partial charge is 0.497 e. The van der Waals surface area contributed by atoms with Crippen molar-refractivity contribution in [3.8, 4) is 5.75 Å². The Morgan fingerprint density at radius 2 is 2.00 bits per heavy atom. The van der Waals surface area contributed by atoms with Crippen molar-refractivity contribution >= 4 is 5.97 Å². The SMILES string of the molecule is CCOC(=O)[C@H](O)[C@@H](N)c1ccc(OC)cc1. The number of methoxy groups -OCH3 is 1. The van der Waals surface area contributed by atoms with E-state index in [9.17, 15) is 9.90 Å². The Morgan fingerprint density at radius 1 is 1.41 bits per heavy atom. The first-order valence-electron chi connectivity index (χ1n) is 5.34. The van der Waals surface area contributed by atoms with Crippen molar-refractivity contribution in [2.45, 2.75) is 19.1 Å². The zero-order valence-corrected chi connectivity index (χ0v) is 9.92. The molecule has 0 unspecified atom stereocenters. The molecule has 0 spiro atoms. The van der Waals surface area contributed by atoms with Crippen LogP contribution in [0.4, 0.5) is 0 Å². The number of nitrogens with two attached hydrogens (primary N) is 1. The summed E-state index contributed by atoms with van der Waals surface area (Å²) in [6.07, 6.45) is -1.36. The van der Waals surface area contributed by atoms with Gasteiger partial charge in [0.2, 0.25) is 0 Å². The molecule has 0 aliphatic rings. The van der Waals surface area contributed by atoms with Gasteiger partial charge in [-0.1, -0.05) is 12.1 Å². The van der Waals surface area contributed by atoms with E-state index in [4.69, 9.17) is 15.2 Å². The Kier molecular flexibility index (Phi) is 4.93. The monoisotopic (exact) mass is 239 g/mol. The number of hydrogen-bond donors (Lipinski definition) is 2. The van der Waals surface area contributed by atoms with Crippen LogP contribution in [0.1, 0.15) is 18.5 Å². The minimum absolute atomic E-state index is 0.214. The number of benzene rings is 1. The van der Waals surface area contributed by atoms with Gasteiger partial charge in [-0.15, -0.1) is 0 Å². The molecule has 0 amide bonds. The molecule has 0 aromatic heterocycles. The van der Waals surface area contributed by atoms with Crippen molar-refractivity contribution in [2.75, 3.05) is 13.7 Å². The van der Waals surface area contributed by atoms with Gasteiger partial charge in [0.05, 0.1) is 19.8 Å². The third-order valence-corrected chi connectivity index (χ3v) is 2.37. The van der Waals surface area contributed by atoms with Crippen molar-refractivity contribution in [3.05, 3.63) is 29.8 Å². The van der Waals surface area contributed by atoms with Crippen molar-refractivity contribution in [2.24, 2.45) is 5.73 Å². The average molecular weight is 239 g/mol. The smallest absolute Gasteiger partial charge is 0.336 e. The lowest BCUT2D eigenvalue weighted by Gasteiger charge is -2.17. The molecule has 0 aliphatic heterocycles. The number of ether oxygens (including phenoxy) is 2. The third-order valence-electron chi connectivity index (χ3n) is 2.37. The highest BCUT2D eigenvalue weighted by atomic mass is 16.5. The number of hydrogen-bond acceptors (Lipinski definition) is 5. The first-order valence-corrected chi connectivity index (χ1v) is 5.34. The second-order valence-electron chi connectivity index (χ2n) is 3.50. The predicted molar refractivity (Wildman–Crippen MR) is 62.6 cm³/mol. The topological polar surface area (TPSA) is 81.8 Å². The molecule has 5 nitrogen and oxygen atoms in total. The summed E-state index contributed by atoms with van der Waals surface area (Å²) >= 11 is 0. The van der Waals surface area contributed by atoms with Crippen LogP contribution in [-0.4, -0.2) is 30.9 Å². The van der Waals surface area contributed by atoms with Gasteiger partial charge in [0.25, 0.3) is 0 Å². The first kappa shape index (κ1) is 13.5. The van der Waals surface area contributed by atoms with E-state index in [0.29, 0.717) is 11.3 Å². The second kappa shape index (κ2) is 6.22. The summed E-state index contributed by atoms with van der Waals surface area (Å²) in [5.74, 6) is -0.0256. The Morgan fingerprint density at radius 3 is 2.47 bits per heavy atom. The van der Waals surface area contributed by atoms with E-state index < -0.39 is 18.1 Å². The fraction of sp³-hybridized carbons (Fsp3) is 0.417. The zero-order chi connectivity index (χ0) is 12.8. The normalized spacial score (nSPS) is 13.9. The summed E-state index contributed by atoms with van der Waals surface area (Å²) in [5, 5.41) is 9.67. The molecule has 5 heteroatoms. The van der Waals surface area contributed by atoms with Crippen molar-refractivity contribution in [1.29, 1.82) is 0 Å². The highest BCUT2D eigenvalue weighted by Crippen LogP contribution is 2.19. The minimum Gasteiger partial charge on any atom is -0.497 e. The highest BCUT2D eigenvalue weighted by Gasteiger charge is 2.25. The highest BCUT2D eigenvalue weighted by molar-refractivity contribution is 5.75. The molecule has 1 rings (SSSR count). The Bertz CT molecular complexity index is 363. The van der Waals surface area contributed by atoms with Gasteiger partial charge in [-0.25, -0.2) is 4.79 Å². The molecule has 0 aliphatic carbocycles. The molecule has 0 saturated carbocycles. The van der Waals surface area contributed by atoms with Crippen LogP contribution in [0, 0.1) is 0 Å². The molecule has 0 fully saturated rings. The van der Waals surface area contributed by atoms with E-state index in [1.807, 2.05) is 0 Å². The summed E-state index contributed by atoms with van der Waals surface area (Å²) < 4.78 is 9.70. The summed E-state index contributed by atoms with van der Waals surface area (Å²) in [6.45, 7) is 1.88. The van der Waals surface area contributed by atoms with Gasteiger partial charge in [-0.2, -0.15) is 0 Å². The maximum atomic E-state index is 11.3. The van der Waals surface area contributed by atoms with Crippen LogP contribution >= 0.6 is 0 Å². The molecule has 0 bridgehead atoms. The fourth-order valence-electron chi connectivity index (χ4n) is 1.38. The maximum Gasteiger partial charge on any atom is 0.336 e. The van der Waals surface area contributed by atoms with Crippen molar-refractivity contribution in [3.63, 3.8) is 0 Å². The van der Waals surface area contributed by atoms with E-state index in [2.05, 4.69) is 0 Å². The van der Waals surface area contributed by atoms with Gasteiger partial charge in [0.15, 0.2) is 6.10 Å². The Balaban J connectivity index is 2.73. The van der Waals surface area contributed by atoms with E-state index in [1.165, 1.54) is 0 Å². The fourth-order valence-corrected chi connectivity index (χ4v) is 1.38. The van der Waals surface area contributed by atoms with Crippen LogP contribution < -0.4 is 10.5 Å². The van der Waals surface area contributed by atoms with Crippen molar-refractivity contribution < 1.29 is 19.4 Å².